The van der Waals surface area contributed by atoms with Gasteiger partial charge in [0.1, 0.15) is 0 Å². The number of hydrogen-bond donors (Lipinski definition) is 1. The maximum absolute atomic E-state index is 12.2. The van der Waals surface area contributed by atoms with Crippen molar-refractivity contribution in [3.05, 3.63) is 29.8 Å². The van der Waals surface area contributed by atoms with Crippen molar-refractivity contribution in [3.63, 3.8) is 0 Å². The van der Waals surface area contributed by atoms with Crippen molar-refractivity contribution < 1.29 is 19.1 Å². The molecule has 118 valence electrons. The van der Waals surface area contributed by atoms with Gasteiger partial charge in [0.25, 0.3) is 0 Å². The molecule has 2 amide bonds. The van der Waals surface area contributed by atoms with Crippen molar-refractivity contribution in [2.75, 3.05) is 18.4 Å². The van der Waals surface area contributed by atoms with Crippen molar-refractivity contribution in [1.29, 1.82) is 0 Å². The number of amides is 2. The Morgan fingerprint density at radius 2 is 1.64 bits per heavy atom. The Labute approximate surface area is 129 Å². The predicted octanol–water partition coefficient (Wildman–Crippen LogP) is 1.46. The van der Waals surface area contributed by atoms with E-state index in [9.17, 15) is 14.4 Å². The minimum atomic E-state index is -0.683. The maximum Gasteiger partial charge on any atom is 0.313 e. The minimum absolute atomic E-state index is 0.0507. The summed E-state index contributed by atoms with van der Waals surface area (Å²) < 4.78 is 5.54. The van der Waals surface area contributed by atoms with E-state index in [0.29, 0.717) is 24.3 Å². The second-order valence-corrected chi connectivity index (χ2v) is 5.56. The van der Waals surface area contributed by atoms with E-state index in [4.69, 9.17) is 4.74 Å². The molecule has 0 radical (unpaired) electrons. The highest BCUT2D eigenvalue weighted by molar-refractivity contribution is 6.39. The zero-order valence-corrected chi connectivity index (χ0v) is 13.0. The van der Waals surface area contributed by atoms with Crippen LogP contribution >= 0.6 is 0 Å². The van der Waals surface area contributed by atoms with Gasteiger partial charge < -0.3 is 15.0 Å². The van der Waals surface area contributed by atoms with Gasteiger partial charge in [0, 0.05) is 24.3 Å². The van der Waals surface area contributed by atoms with Gasteiger partial charge in [-0.2, -0.15) is 0 Å². The molecule has 0 aliphatic carbocycles. The highest BCUT2D eigenvalue weighted by Gasteiger charge is 2.29. The summed E-state index contributed by atoms with van der Waals surface area (Å²) in [5.74, 6) is -1.31. The molecule has 1 aliphatic rings. The molecule has 0 aromatic heterocycles. The van der Waals surface area contributed by atoms with E-state index in [-0.39, 0.29) is 18.0 Å². The molecule has 1 aromatic carbocycles. The Hall–Kier alpha value is -2.21. The third-order valence-corrected chi connectivity index (χ3v) is 3.45. The summed E-state index contributed by atoms with van der Waals surface area (Å²) >= 11 is 0. The molecule has 1 aromatic rings. The van der Waals surface area contributed by atoms with E-state index in [1.54, 1.807) is 24.3 Å². The predicted molar refractivity (Wildman–Crippen MR) is 81.7 cm³/mol. The third-order valence-electron chi connectivity index (χ3n) is 3.45. The number of Topliss-reactive ketones (excluding diaryl/α,β-unsaturated/α-hetero) is 1. The fourth-order valence-electron chi connectivity index (χ4n) is 2.46. The van der Waals surface area contributed by atoms with Crippen molar-refractivity contribution in [2.45, 2.75) is 33.0 Å². The number of ether oxygens (including phenoxy) is 1. The largest absolute Gasteiger partial charge is 0.372 e. The molecule has 1 heterocycles. The van der Waals surface area contributed by atoms with Crippen LogP contribution in [0.4, 0.5) is 5.69 Å². The van der Waals surface area contributed by atoms with Crippen LogP contribution in [0.25, 0.3) is 0 Å². The molecule has 1 N–H and O–H groups in total. The van der Waals surface area contributed by atoms with Crippen LogP contribution in [-0.4, -0.2) is 47.8 Å². The van der Waals surface area contributed by atoms with E-state index in [1.165, 1.54) is 11.8 Å². The van der Waals surface area contributed by atoms with Crippen LogP contribution in [-0.2, 0) is 14.3 Å². The number of carbonyl (C=O) groups is 3. The first-order valence-corrected chi connectivity index (χ1v) is 7.23. The number of hydrogen-bond acceptors (Lipinski definition) is 4. The zero-order chi connectivity index (χ0) is 16.3. The average Bonchev–Trinajstić information content (AvgIpc) is 2.46. The van der Waals surface area contributed by atoms with Crippen molar-refractivity contribution in [2.24, 2.45) is 0 Å². The van der Waals surface area contributed by atoms with Crippen LogP contribution in [0.3, 0.4) is 0 Å². The number of carbonyl (C=O) groups excluding carboxylic acids is 3. The SMILES string of the molecule is CC(=O)c1ccc(NC(=O)C(=O)N2CC(C)OC(C)C2)cc1. The second-order valence-electron chi connectivity index (χ2n) is 5.56. The van der Waals surface area contributed by atoms with Crippen LogP contribution < -0.4 is 5.32 Å². The molecular weight excluding hydrogens is 284 g/mol. The lowest BCUT2D eigenvalue weighted by Gasteiger charge is -2.34. The summed E-state index contributed by atoms with van der Waals surface area (Å²) in [6.07, 6.45) is -0.175. The highest BCUT2D eigenvalue weighted by Crippen LogP contribution is 2.13. The smallest absolute Gasteiger partial charge is 0.313 e. The Morgan fingerprint density at radius 3 is 2.14 bits per heavy atom. The van der Waals surface area contributed by atoms with Crippen molar-refractivity contribution >= 4 is 23.3 Å². The first kappa shape index (κ1) is 16.2. The third kappa shape index (κ3) is 3.92. The van der Waals surface area contributed by atoms with Crippen LogP contribution in [0.5, 0.6) is 0 Å². The van der Waals surface area contributed by atoms with Gasteiger partial charge in [0.15, 0.2) is 5.78 Å². The lowest BCUT2D eigenvalue weighted by atomic mass is 10.1. The number of nitrogens with zero attached hydrogens (tertiary/aromatic N) is 1. The molecule has 1 saturated heterocycles. The van der Waals surface area contributed by atoms with Gasteiger partial charge in [-0.05, 0) is 45.0 Å². The summed E-state index contributed by atoms with van der Waals surface area (Å²) in [7, 11) is 0. The van der Waals surface area contributed by atoms with Gasteiger partial charge in [0.05, 0.1) is 12.2 Å². The van der Waals surface area contributed by atoms with E-state index in [0.717, 1.165) is 0 Å². The van der Waals surface area contributed by atoms with E-state index >= 15 is 0 Å². The Kier molecular flexibility index (Phi) is 4.92. The number of benzene rings is 1. The van der Waals surface area contributed by atoms with E-state index in [2.05, 4.69) is 5.32 Å². The molecule has 6 heteroatoms. The van der Waals surface area contributed by atoms with Gasteiger partial charge in [-0.25, -0.2) is 0 Å². The van der Waals surface area contributed by atoms with Crippen LogP contribution in [0.2, 0.25) is 0 Å². The lowest BCUT2D eigenvalue weighted by molar-refractivity contribution is -0.151. The molecule has 6 nitrogen and oxygen atoms in total. The molecule has 1 fully saturated rings. The average molecular weight is 304 g/mol. The first-order chi connectivity index (χ1) is 10.4. The first-order valence-electron chi connectivity index (χ1n) is 7.23. The lowest BCUT2D eigenvalue weighted by Crippen LogP contribution is -2.51. The summed E-state index contributed by atoms with van der Waals surface area (Å²) in [6.45, 7) is 6.01. The summed E-state index contributed by atoms with van der Waals surface area (Å²) in [4.78, 5) is 36.9. The van der Waals surface area contributed by atoms with Crippen LogP contribution in [0, 0.1) is 0 Å². The molecule has 2 atom stereocenters. The monoisotopic (exact) mass is 304 g/mol. The van der Waals surface area contributed by atoms with Gasteiger partial charge >= 0.3 is 11.8 Å². The maximum atomic E-state index is 12.2. The van der Waals surface area contributed by atoms with E-state index in [1.807, 2.05) is 13.8 Å². The van der Waals surface area contributed by atoms with Gasteiger partial charge in [0.2, 0.25) is 0 Å². The standard InChI is InChI=1S/C16H20N2O4/c1-10-8-18(9-11(2)22-10)16(21)15(20)17-14-6-4-13(5-7-14)12(3)19/h4-7,10-11H,8-9H2,1-3H3,(H,17,20). The molecule has 2 unspecified atom stereocenters. The van der Waals surface area contributed by atoms with Crippen molar-refractivity contribution in [1.82, 2.24) is 4.90 Å². The number of nitrogens with one attached hydrogen (secondary N) is 1. The number of rotatable bonds is 2. The van der Waals surface area contributed by atoms with Crippen LogP contribution in [0.15, 0.2) is 24.3 Å². The van der Waals surface area contributed by atoms with Gasteiger partial charge in [-0.15, -0.1) is 0 Å². The molecule has 0 bridgehead atoms. The number of morpholine rings is 1. The van der Waals surface area contributed by atoms with Crippen LogP contribution in [0.1, 0.15) is 31.1 Å². The normalized spacial score (nSPS) is 21.3. The molecule has 0 saturated carbocycles. The molecular formula is C16H20N2O4. The Balaban J connectivity index is 1.99. The second kappa shape index (κ2) is 6.70. The highest BCUT2D eigenvalue weighted by atomic mass is 16.5. The van der Waals surface area contributed by atoms with Gasteiger partial charge in [-0.3, -0.25) is 14.4 Å². The minimum Gasteiger partial charge on any atom is -0.372 e. The quantitative estimate of drug-likeness (QED) is 0.663. The summed E-state index contributed by atoms with van der Waals surface area (Å²) in [5, 5.41) is 2.55. The zero-order valence-electron chi connectivity index (χ0n) is 13.0. The van der Waals surface area contributed by atoms with E-state index < -0.39 is 11.8 Å². The fraction of sp³-hybridized carbons (Fsp3) is 0.438. The number of ketones is 1. The summed E-state index contributed by atoms with van der Waals surface area (Å²) in [5.41, 5.74) is 1.04. The van der Waals surface area contributed by atoms with Gasteiger partial charge in [-0.1, -0.05) is 0 Å². The topological polar surface area (TPSA) is 75.7 Å². The van der Waals surface area contributed by atoms with Crippen molar-refractivity contribution in [3.8, 4) is 0 Å². The Morgan fingerprint density at radius 1 is 1.09 bits per heavy atom. The molecule has 0 spiro atoms. The fourth-order valence-corrected chi connectivity index (χ4v) is 2.46. The molecule has 1 aliphatic heterocycles. The molecule has 22 heavy (non-hydrogen) atoms. The Bertz CT molecular complexity index is 572. The summed E-state index contributed by atoms with van der Waals surface area (Å²) in [6, 6.07) is 6.43. The molecule has 2 rings (SSSR count). The number of anilines is 1.